The first kappa shape index (κ1) is 13.3. The number of carbonyl (C=O) groups is 1. The van der Waals surface area contributed by atoms with E-state index in [4.69, 9.17) is 11.6 Å². The Morgan fingerprint density at radius 1 is 1.10 bits per heavy atom. The average molecular weight is 303 g/mol. The number of hydrogen-bond donors (Lipinski definition) is 1. The number of Topliss-reactive ketones (excluding diaryl/α,β-unsaturated/α-hetero) is 1. The number of halogens is 1. The van der Waals surface area contributed by atoms with E-state index in [0.29, 0.717) is 16.1 Å². The van der Waals surface area contributed by atoms with Crippen LogP contribution in [0.15, 0.2) is 53.9 Å². The molecule has 0 fully saturated rings. The molecule has 2 aromatic carbocycles. The van der Waals surface area contributed by atoms with Crippen LogP contribution in [-0.2, 0) is 0 Å². The predicted molar refractivity (Wildman–Crippen MR) is 82.6 cm³/mol. The van der Waals surface area contributed by atoms with Crippen molar-refractivity contribution in [2.75, 3.05) is 0 Å². The summed E-state index contributed by atoms with van der Waals surface area (Å²) in [7, 11) is 0. The van der Waals surface area contributed by atoms with E-state index in [1.165, 1.54) is 11.3 Å². The van der Waals surface area contributed by atoms with Crippen LogP contribution in [0.2, 0.25) is 5.02 Å². The third-order valence-corrected chi connectivity index (χ3v) is 4.50. The first-order valence-corrected chi connectivity index (χ1v) is 7.37. The maximum absolute atomic E-state index is 12.5. The number of rotatable bonds is 3. The van der Waals surface area contributed by atoms with Crippen LogP contribution < -0.4 is 0 Å². The van der Waals surface area contributed by atoms with Gasteiger partial charge in [-0.05, 0) is 12.1 Å². The summed E-state index contributed by atoms with van der Waals surface area (Å²) >= 11 is 7.53. The Hall–Kier alpha value is -1.68. The van der Waals surface area contributed by atoms with Crippen molar-refractivity contribution >= 4 is 38.8 Å². The van der Waals surface area contributed by atoms with Crippen molar-refractivity contribution in [3.8, 4) is 0 Å². The lowest BCUT2D eigenvalue weighted by Crippen LogP contribution is -2.12. The predicted octanol–water partition coefficient (Wildman–Crippen LogP) is 4.47. The molecule has 1 N–H and O–H groups in total. The summed E-state index contributed by atoms with van der Waals surface area (Å²) in [6.45, 7) is 0. The molecule has 0 aliphatic carbocycles. The minimum absolute atomic E-state index is 0.324. The van der Waals surface area contributed by atoms with Crippen LogP contribution >= 0.6 is 22.9 Å². The van der Waals surface area contributed by atoms with E-state index in [-0.39, 0.29) is 5.78 Å². The smallest absolute Gasteiger partial charge is 0.197 e. The van der Waals surface area contributed by atoms with E-state index >= 15 is 0 Å². The van der Waals surface area contributed by atoms with Gasteiger partial charge in [0.1, 0.15) is 6.10 Å². The maximum Gasteiger partial charge on any atom is 0.197 e. The van der Waals surface area contributed by atoms with Crippen LogP contribution in [-0.4, -0.2) is 10.9 Å². The SMILES string of the molecule is O=C(c1csc2ccccc12)[C@@H](O)c1ccccc1Cl. The van der Waals surface area contributed by atoms with Gasteiger partial charge in [0.2, 0.25) is 0 Å². The minimum atomic E-state index is -1.23. The molecule has 100 valence electrons. The molecule has 4 heteroatoms. The monoisotopic (exact) mass is 302 g/mol. The van der Waals surface area contributed by atoms with E-state index in [9.17, 15) is 9.90 Å². The summed E-state index contributed by atoms with van der Waals surface area (Å²) in [6.07, 6.45) is -1.23. The second kappa shape index (κ2) is 5.37. The summed E-state index contributed by atoms with van der Waals surface area (Å²) in [5, 5.41) is 13.3. The van der Waals surface area contributed by atoms with E-state index in [2.05, 4.69) is 0 Å². The van der Waals surface area contributed by atoms with Gasteiger partial charge in [0, 0.05) is 31.6 Å². The number of benzene rings is 2. The van der Waals surface area contributed by atoms with Crippen LogP contribution in [0, 0.1) is 0 Å². The van der Waals surface area contributed by atoms with Crippen molar-refractivity contribution in [3.63, 3.8) is 0 Å². The normalized spacial score (nSPS) is 12.5. The van der Waals surface area contributed by atoms with Gasteiger partial charge in [-0.25, -0.2) is 0 Å². The second-order valence-corrected chi connectivity index (χ2v) is 5.75. The van der Waals surface area contributed by atoms with E-state index in [1.54, 1.807) is 29.6 Å². The van der Waals surface area contributed by atoms with E-state index in [1.807, 2.05) is 24.3 Å². The van der Waals surface area contributed by atoms with Crippen LogP contribution in [0.4, 0.5) is 0 Å². The van der Waals surface area contributed by atoms with Gasteiger partial charge in [-0.15, -0.1) is 11.3 Å². The summed E-state index contributed by atoms with van der Waals surface area (Å²) in [5.41, 5.74) is 0.979. The highest BCUT2D eigenvalue weighted by atomic mass is 35.5. The van der Waals surface area contributed by atoms with Gasteiger partial charge in [-0.2, -0.15) is 0 Å². The first-order chi connectivity index (χ1) is 9.68. The molecule has 0 bridgehead atoms. The van der Waals surface area contributed by atoms with Gasteiger partial charge in [-0.1, -0.05) is 48.0 Å². The lowest BCUT2D eigenvalue weighted by atomic mass is 9.99. The van der Waals surface area contributed by atoms with Crippen LogP contribution in [0.3, 0.4) is 0 Å². The zero-order chi connectivity index (χ0) is 14.1. The summed E-state index contributed by atoms with van der Waals surface area (Å²) in [5.74, 6) is -0.324. The lowest BCUT2D eigenvalue weighted by molar-refractivity contribution is 0.0750. The van der Waals surface area contributed by atoms with Crippen molar-refractivity contribution in [2.45, 2.75) is 6.10 Å². The fraction of sp³-hybridized carbons (Fsp3) is 0.0625. The van der Waals surface area contributed by atoms with Gasteiger partial charge in [0.05, 0.1) is 0 Å². The molecule has 1 aromatic heterocycles. The van der Waals surface area contributed by atoms with Gasteiger partial charge < -0.3 is 5.11 Å². The highest BCUT2D eigenvalue weighted by Gasteiger charge is 2.23. The molecule has 0 aliphatic heterocycles. The molecule has 1 heterocycles. The quantitative estimate of drug-likeness (QED) is 0.725. The zero-order valence-corrected chi connectivity index (χ0v) is 12.0. The van der Waals surface area contributed by atoms with Gasteiger partial charge >= 0.3 is 0 Å². The Morgan fingerprint density at radius 2 is 1.80 bits per heavy atom. The largest absolute Gasteiger partial charge is 0.380 e. The molecule has 0 saturated heterocycles. The highest BCUT2D eigenvalue weighted by molar-refractivity contribution is 7.17. The average Bonchev–Trinajstić information content (AvgIpc) is 2.90. The molecule has 1 atom stereocenters. The molecule has 0 amide bonds. The molecular weight excluding hydrogens is 292 g/mol. The summed E-state index contributed by atoms with van der Waals surface area (Å²) in [6, 6.07) is 14.5. The third kappa shape index (κ3) is 2.24. The molecule has 20 heavy (non-hydrogen) atoms. The summed E-state index contributed by atoms with van der Waals surface area (Å²) in [4.78, 5) is 12.5. The molecule has 0 unspecified atom stereocenters. The Balaban J connectivity index is 2.03. The number of hydrogen-bond acceptors (Lipinski definition) is 3. The van der Waals surface area contributed by atoms with E-state index in [0.717, 1.165) is 10.1 Å². The number of ketones is 1. The molecule has 0 saturated carbocycles. The van der Waals surface area contributed by atoms with Crippen LogP contribution in [0.1, 0.15) is 22.0 Å². The molecule has 3 rings (SSSR count). The van der Waals surface area contributed by atoms with Crippen molar-refractivity contribution in [2.24, 2.45) is 0 Å². The topological polar surface area (TPSA) is 37.3 Å². The molecule has 0 radical (unpaired) electrons. The number of thiophene rings is 1. The van der Waals surface area contributed by atoms with Gasteiger partial charge in [0.15, 0.2) is 5.78 Å². The molecule has 2 nitrogen and oxygen atoms in total. The summed E-state index contributed by atoms with van der Waals surface area (Å²) < 4.78 is 1.03. The number of aliphatic hydroxyl groups excluding tert-OH is 1. The minimum Gasteiger partial charge on any atom is -0.380 e. The third-order valence-electron chi connectivity index (χ3n) is 3.19. The Bertz CT molecular complexity index is 779. The van der Waals surface area contributed by atoms with Crippen LogP contribution in [0.5, 0.6) is 0 Å². The fourth-order valence-corrected chi connectivity index (χ4v) is 3.34. The highest BCUT2D eigenvalue weighted by Crippen LogP contribution is 2.31. The standard InChI is InChI=1S/C16H11ClO2S/c17-13-7-3-1-6-11(13)15(18)16(19)12-9-20-14-8-4-2-5-10(12)14/h1-9,15,18H/t15-/m0/s1. The molecule has 0 spiro atoms. The van der Waals surface area contributed by atoms with Gasteiger partial charge in [0.25, 0.3) is 0 Å². The Kier molecular flexibility index (Phi) is 3.57. The van der Waals surface area contributed by atoms with E-state index < -0.39 is 6.10 Å². The molecule has 3 aromatic rings. The van der Waals surface area contributed by atoms with Crippen molar-refractivity contribution in [3.05, 3.63) is 70.1 Å². The van der Waals surface area contributed by atoms with Crippen molar-refractivity contribution in [1.29, 1.82) is 0 Å². The van der Waals surface area contributed by atoms with Gasteiger partial charge in [-0.3, -0.25) is 4.79 Å². The molecule has 0 aliphatic rings. The lowest BCUT2D eigenvalue weighted by Gasteiger charge is -2.11. The Morgan fingerprint density at radius 3 is 2.60 bits per heavy atom. The van der Waals surface area contributed by atoms with Crippen molar-refractivity contribution in [1.82, 2.24) is 0 Å². The zero-order valence-electron chi connectivity index (χ0n) is 10.4. The number of aliphatic hydroxyl groups is 1. The first-order valence-electron chi connectivity index (χ1n) is 6.11. The van der Waals surface area contributed by atoms with Crippen molar-refractivity contribution < 1.29 is 9.90 Å². The number of fused-ring (bicyclic) bond motifs is 1. The van der Waals surface area contributed by atoms with Crippen LogP contribution in [0.25, 0.3) is 10.1 Å². The Labute approximate surface area is 125 Å². The second-order valence-electron chi connectivity index (χ2n) is 4.43. The fourth-order valence-electron chi connectivity index (χ4n) is 2.15. The maximum atomic E-state index is 12.5. The number of carbonyl (C=O) groups excluding carboxylic acids is 1. The molecular formula is C16H11ClO2S.